The molecule has 0 spiro atoms. The summed E-state index contributed by atoms with van der Waals surface area (Å²) in [6.07, 6.45) is 0.735. The number of rotatable bonds is 8. The van der Waals surface area contributed by atoms with Crippen LogP contribution in [0.25, 0.3) is 0 Å². The smallest absolute Gasteiger partial charge is 0.338 e. The van der Waals surface area contributed by atoms with Gasteiger partial charge in [-0.05, 0) is 52.3 Å². The van der Waals surface area contributed by atoms with Crippen LogP contribution in [0, 0.1) is 0 Å². The Morgan fingerprint density at radius 2 is 2.00 bits per heavy atom. The van der Waals surface area contributed by atoms with Crippen LogP contribution in [0.15, 0.2) is 27.6 Å². The number of carbonyl (C=O) groups excluding carboxylic acids is 1. The predicted octanol–water partition coefficient (Wildman–Crippen LogP) is 3.03. The van der Waals surface area contributed by atoms with E-state index in [9.17, 15) is 13.2 Å². The number of esters is 1. The Morgan fingerprint density at radius 1 is 1.31 bits per heavy atom. The minimum absolute atomic E-state index is 0.0558. The molecule has 10 heteroatoms. The second kappa shape index (κ2) is 8.91. The number of hydrogen-bond acceptors (Lipinski definition) is 8. The second-order valence-electron chi connectivity index (χ2n) is 7.57. The molecule has 1 N–H and O–H groups in total. The van der Waals surface area contributed by atoms with Crippen molar-refractivity contribution in [2.24, 2.45) is 0 Å². The van der Waals surface area contributed by atoms with Crippen LogP contribution in [0.1, 0.15) is 69.2 Å². The lowest BCUT2D eigenvalue weighted by Crippen LogP contribution is -2.40. The second-order valence-corrected chi connectivity index (χ2v) is 9.22. The third-order valence-corrected chi connectivity index (χ3v) is 5.50. The highest BCUT2D eigenvalue weighted by molar-refractivity contribution is 7.89. The number of benzene rings is 1. The van der Waals surface area contributed by atoms with E-state index in [-0.39, 0.29) is 22.1 Å². The maximum absolute atomic E-state index is 12.7. The molecule has 1 atom stereocenters. The van der Waals surface area contributed by atoms with Gasteiger partial charge in [0.2, 0.25) is 10.0 Å². The Labute approximate surface area is 170 Å². The van der Waals surface area contributed by atoms with Crippen LogP contribution >= 0.6 is 0 Å². The van der Waals surface area contributed by atoms with Gasteiger partial charge in [-0.25, -0.2) is 17.9 Å². The molecule has 0 bridgehead atoms. The Balaban J connectivity index is 2.26. The molecule has 9 nitrogen and oxygen atoms in total. The normalized spacial score (nSPS) is 13.2. The lowest BCUT2D eigenvalue weighted by molar-refractivity contribution is 0.0265. The molecule has 1 aromatic carbocycles. The van der Waals surface area contributed by atoms with Gasteiger partial charge in [-0.1, -0.05) is 12.1 Å². The lowest BCUT2D eigenvalue weighted by atomic mass is 10.1. The summed E-state index contributed by atoms with van der Waals surface area (Å²) in [4.78, 5) is 16.6. The summed E-state index contributed by atoms with van der Waals surface area (Å²) in [5.41, 5.74) is -0.650. The topological polar surface area (TPSA) is 121 Å². The van der Waals surface area contributed by atoms with Crippen molar-refractivity contribution >= 4 is 16.0 Å². The summed E-state index contributed by atoms with van der Waals surface area (Å²) in [5.74, 6) is 0.115. The van der Waals surface area contributed by atoms with Gasteiger partial charge in [0.15, 0.2) is 11.9 Å². The molecule has 29 heavy (non-hydrogen) atoms. The van der Waals surface area contributed by atoms with Crippen molar-refractivity contribution in [3.63, 3.8) is 0 Å². The molecule has 160 valence electrons. The van der Waals surface area contributed by atoms with E-state index in [0.29, 0.717) is 12.2 Å². The molecule has 1 unspecified atom stereocenters. The van der Waals surface area contributed by atoms with Gasteiger partial charge in [-0.2, -0.15) is 4.98 Å². The fraction of sp³-hybridized carbons (Fsp3) is 0.526. The van der Waals surface area contributed by atoms with E-state index < -0.39 is 27.6 Å². The zero-order valence-corrected chi connectivity index (χ0v) is 18.3. The standard InChI is InChI=1S/C19H27N3O6S/c1-7-8-16-20-17(28-21-16)12(2)27-18(23)13-9-10-14(26-6)15(11-13)29(24,25)22-19(3,4)5/h9-12,22H,7-8H2,1-6H3. The van der Waals surface area contributed by atoms with Gasteiger partial charge in [-0.3, -0.25) is 0 Å². The molecule has 2 aromatic rings. The van der Waals surface area contributed by atoms with Crippen LogP contribution in [0.4, 0.5) is 0 Å². The summed E-state index contributed by atoms with van der Waals surface area (Å²) in [6.45, 7) is 8.74. The van der Waals surface area contributed by atoms with Crippen LogP contribution in [0.3, 0.4) is 0 Å². The predicted molar refractivity (Wildman–Crippen MR) is 105 cm³/mol. The SMILES string of the molecule is CCCc1noc(C(C)OC(=O)c2ccc(OC)c(S(=O)(=O)NC(C)(C)C)c2)n1. The molecule has 0 aliphatic rings. The average molecular weight is 426 g/mol. The molecule has 0 radical (unpaired) electrons. The van der Waals surface area contributed by atoms with Gasteiger partial charge in [0.25, 0.3) is 5.89 Å². The van der Waals surface area contributed by atoms with Crippen LogP contribution < -0.4 is 9.46 Å². The van der Waals surface area contributed by atoms with Crippen molar-refractivity contribution in [1.82, 2.24) is 14.9 Å². The Hall–Kier alpha value is -2.46. The quantitative estimate of drug-likeness (QED) is 0.641. The first-order valence-corrected chi connectivity index (χ1v) is 10.7. The molecule has 1 heterocycles. The van der Waals surface area contributed by atoms with Crippen molar-refractivity contribution < 1.29 is 27.2 Å². The van der Waals surface area contributed by atoms with E-state index in [2.05, 4.69) is 14.9 Å². The van der Waals surface area contributed by atoms with E-state index in [0.717, 1.165) is 6.42 Å². The number of sulfonamides is 1. The van der Waals surface area contributed by atoms with Crippen molar-refractivity contribution in [2.75, 3.05) is 7.11 Å². The number of ether oxygens (including phenoxy) is 2. The van der Waals surface area contributed by atoms with Crippen LogP contribution in [-0.2, 0) is 21.2 Å². The van der Waals surface area contributed by atoms with Gasteiger partial charge in [0.05, 0.1) is 12.7 Å². The summed E-state index contributed by atoms with van der Waals surface area (Å²) >= 11 is 0. The minimum atomic E-state index is -3.92. The monoisotopic (exact) mass is 425 g/mol. The van der Waals surface area contributed by atoms with E-state index in [1.807, 2.05) is 6.92 Å². The highest BCUT2D eigenvalue weighted by Gasteiger charge is 2.27. The van der Waals surface area contributed by atoms with E-state index in [4.69, 9.17) is 14.0 Å². The summed E-state index contributed by atoms with van der Waals surface area (Å²) < 4.78 is 43.6. The fourth-order valence-electron chi connectivity index (χ4n) is 2.51. The molecular weight excluding hydrogens is 398 g/mol. The van der Waals surface area contributed by atoms with Gasteiger partial charge in [0.1, 0.15) is 10.6 Å². The fourth-order valence-corrected chi connectivity index (χ4v) is 4.12. The molecule has 2 rings (SSSR count). The molecule has 0 saturated heterocycles. The van der Waals surface area contributed by atoms with Crippen molar-refractivity contribution in [3.8, 4) is 5.75 Å². The first kappa shape index (κ1) is 22.8. The van der Waals surface area contributed by atoms with Gasteiger partial charge in [-0.15, -0.1) is 0 Å². The largest absolute Gasteiger partial charge is 0.495 e. The van der Waals surface area contributed by atoms with Gasteiger partial charge in [0, 0.05) is 12.0 Å². The van der Waals surface area contributed by atoms with Gasteiger partial charge >= 0.3 is 5.97 Å². The summed E-state index contributed by atoms with van der Waals surface area (Å²) in [6, 6.07) is 4.06. The van der Waals surface area contributed by atoms with E-state index >= 15 is 0 Å². The van der Waals surface area contributed by atoms with Gasteiger partial charge < -0.3 is 14.0 Å². The highest BCUT2D eigenvalue weighted by Crippen LogP contribution is 2.27. The number of aromatic nitrogens is 2. The first-order valence-electron chi connectivity index (χ1n) is 9.22. The van der Waals surface area contributed by atoms with Crippen LogP contribution in [-0.4, -0.2) is 37.2 Å². The zero-order chi connectivity index (χ0) is 21.8. The number of aryl methyl sites for hydroxylation is 1. The maximum atomic E-state index is 12.7. The molecule has 0 amide bonds. The van der Waals surface area contributed by atoms with E-state index in [1.165, 1.54) is 25.3 Å². The number of hydrogen-bond donors (Lipinski definition) is 1. The van der Waals surface area contributed by atoms with Crippen molar-refractivity contribution in [2.45, 2.75) is 64.0 Å². The number of methoxy groups -OCH3 is 1. The maximum Gasteiger partial charge on any atom is 0.338 e. The number of nitrogens with zero attached hydrogens (tertiary/aromatic N) is 2. The Morgan fingerprint density at radius 3 is 2.59 bits per heavy atom. The zero-order valence-electron chi connectivity index (χ0n) is 17.5. The molecule has 0 aliphatic carbocycles. The van der Waals surface area contributed by atoms with Crippen LogP contribution in [0.5, 0.6) is 5.75 Å². The average Bonchev–Trinajstić information content (AvgIpc) is 3.08. The van der Waals surface area contributed by atoms with Crippen molar-refractivity contribution in [3.05, 3.63) is 35.5 Å². The van der Waals surface area contributed by atoms with Crippen LogP contribution in [0.2, 0.25) is 0 Å². The molecule has 0 fully saturated rings. The molecule has 0 aliphatic heterocycles. The minimum Gasteiger partial charge on any atom is -0.495 e. The van der Waals surface area contributed by atoms with E-state index in [1.54, 1.807) is 27.7 Å². The third kappa shape index (κ3) is 6.01. The lowest BCUT2D eigenvalue weighted by Gasteiger charge is -2.21. The molecule has 0 saturated carbocycles. The Kier molecular flexibility index (Phi) is 7.02. The molecule has 1 aromatic heterocycles. The Bertz CT molecular complexity index is 963. The number of carbonyl (C=O) groups is 1. The summed E-state index contributed by atoms with van der Waals surface area (Å²) in [5, 5.41) is 3.83. The molecular formula is C19H27N3O6S. The number of nitrogens with one attached hydrogen (secondary N) is 1. The first-order chi connectivity index (χ1) is 13.5. The summed E-state index contributed by atoms with van der Waals surface area (Å²) in [7, 11) is -2.57. The third-order valence-electron chi connectivity index (χ3n) is 3.72. The van der Waals surface area contributed by atoms with Crippen molar-refractivity contribution in [1.29, 1.82) is 0 Å². The highest BCUT2D eigenvalue weighted by atomic mass is 32.2.